The van der Waals surface area contributed by atoms with Gasteiger partial charge in [0.05, 0.1) is 18.8 Å². The van der Waals surface area contributed by atoms with Gasteiger partial charge in [-0.25, -0.2) is 9.97 Å². The highest BCUT2D eigenvalue weighted by Crippen LogP contribution is 2.25. The Labute approximate surface area is 130 Å². The van der Waals surface area contributed by atoms with E-state index in [0.29, 0.717) is 18.5 Å². The average molecular weight is 302 g/mol. The Morgan fingerprint density at radius 3 is 3.00 bits per heavy atom. The molecule has 118 valence electrons. The highest BCUT2D eigenvalue weighted by atomic mass is 16.5. The molecule has 0 amide bonds. The maximum atomic E-state index is 5.44. The molecule has 22 heavy (non-hydrogen) atoms. The smallest absolute Gasteiger partial charge is 0.152 e. The second-order valence-corrected chi connectivity index (χ2v) is 5.97. The zero-order valence-corrected chi connectivity index (χ0v) is 13.3. The lowest BCUT2D eigenvalue weighted by atomic mass is 10.0. The van der Waals surface area contributed by atoms with Gasteiger partial charge in [-0.2, -0.15) is 0 Å². The van der Waals surface area contributed by atoms with Crippen LogP contribution in [-0.2, 0) is 11.3 Å². The van der Waals surface area contributed by atoms with Gasteiger partial charge >= 0.3 is 0 Å². The van der Waals surface area contributed by atoms with Crippen molar-refractivity contribution in [2.24, 2.45) is 0 Å². The van der Waals surface area contributed by atoms with Gasteiger partial charge in [-0.3, -0.25) is 0 Å². The molecule has 1 fully saturated rings. The molecule has 2 aromatic rings. The lowest BCUT2D eigenvalue weighted by Gasteiger charge is -2.20. The predicted molar refractivity (Wildman–Crippen MR) is 82.7 cm³/mol. The first kappa shape index (κ1) is 14.9. The second-order valence-electron chi connectivity index (χ2n) is 5.97. The minimum Gasteiger partial charge on any atom is -0.381 e. The van der Waals surface area contributed by atoms with Gasteiger partial charge < -0.3 is 14.2 Å². The van der Waals surface area contributed by atoms with Crippen LogP contribution in [0.1, 0.15) is 43.7 Å². The molecule has 0 radical (unpaired) electrons. The van der Waals surface area contributed by atoms with Gasteiger partial charge in [0, 0.05) is 31.7 Å². The summed E-state index contributed by atoms with van der Waals surface area (Å²) in [5.74, 6) is 2.21. The standard InChI is InChI=1S/C15H22N6O/c1-11(2)21-10-18-19-15(21)7-20(3)14-6-13(16-9-17-14)12-4-5-22-8-12/h6,9-12H,4-5,7-8H2,1-3H3/t12-/m1/s1. The maximum Gasteiger partial charge on any atom is 0.152 e. The van der Waals surface area contributed by atoms with E-state index in [4.69, 9.17) is 4.74 Å². The van der Waals surface area contributed by atoms with E-state index in [1.165, 1.54) is 0 Å². The Morgan fingerprint density at radius 2 is 2.27 bits per heavy atom. The molecule has 0 bridgehead atoms. The van der Waals surface area contributed by atoms with Gasteiger partial charge in [-0.15, -0.1) is 10.2 Å². The Balaban J connectivity index is 1.75. The summed E-state index contributed by atoms with van der Waals surface area (Å²) >= 11 is 0. The summed E-state index contributed by atoms with van der Waals surface area (Å²) < 4.78 is 7.52. The van der Waals surface area contributed by atoms with Gasteiger partial charge in [-0.05, 0) is 20.3 Å². The van der Waals surface area contributed by atoms with Crippen LogP contribution in [0.5, 0.6) is 0 Å². The molecule has 0 saturated carbocycles. The fraction of sp³-hybridized carbons (Fsp3) is 0.600. The van der Waals surface area contributed by atoms with Crippen LogP contribution >= 0.6 is 0 Å². The highest BCUT2D eigenvalue weighted by molar-refractivity contribution is 5.39. The molecular weight excluding hydrogens is 280 g/mol. The quantitative estimate of drug-likeness (QED) is 0.838. The van der Waals surface area contributed by atoms with E-state index in [0.717, 1.165) is 37.0 Å². The molecule has 0 spiro atoms. The number of hydrogen-bond acceptors (Lipinski definition) is 6. The van der Waals surface area contributed by atoms with Crippen molar-refractivity contribution in [3.8, 4) is 0 Å². The number of rotatable bonds is 5. The monoisotopic (exact) mass is 302 g/mol. The first-order valence-corrected chi connectivity index (χ1v) is 7.64. The summed E-state index contributed by atoms with van der Waals surface area (Å²) in [6, 6.07) is 2.39. The van der Waals surface area contributed by atoms with Gasteiger partial charge in [0.1, 0.15) is 18.5 Å². The number of nitrogens with zero attached hydrogens (tertiary/aromatic N) is 6. The highest BCUT2D eigenvalue weighted by Gasteiger charge is 2.20. The first-order chi connectivity index (χ1) is 10.6. The van der Waals surface area contributed by atoms with E-state index >= 15 is 0 Å². The minimum atomic E-state index is 0.343. The third-order valence-electron chi connectivity index (χ3n) is 4.00. The molecular formula is C15H22N6O. The van der Waals surface area contributed by atoms with Crippen LogP contribution in [0.3, 0.4) is 0 Å². The largest absolute Gasteiger partial charge is 0.381 e. The molecule has 7 heteroatoms. The summed E-state index contributed by atoms with van der Waals surface area (Å²) in [5, 5.41) is 8.22. The molecule has 0 aliphatic carbocycles. The topological polar surface area (TPSA) is 69.0 Å². The van der Waals surface area contributed by atoms with Gasteiger partial charge in [0.15, 0.2) is 5.82 Å². The van der Waals surface area contributed by atoms with Gasteiger partial charge in [0.2, 0.25) is 0 Å². The second kappa shape index (κ2) is 6.39. The number of anilines is 1. The molecule has 0 unspecified atom stereocenters. The summed E-state index contributed by atoms with van der Waals surface area (Å²) in [5.41, 5.74) is 1.06. The normalized spacial score (nSPS) is 18.1. The Morgan fingerprint density at radius 1 is 1.41 bits per heavy atom. The van der Waals surface area contributed by atoms with E-state index < -0.39 is 0 Å². The van der Waals surface area contributed by atoms with Crippen molar-refractivity contribution in [3.63, 3.8) is 0 Å². The van der Waals surface area contributed by atoms with Crippen molar-refractivity contribution in [2.45, 2.75) is 38.8 Å². The maximum absolute atomic E-state index is 5.44. The molecule has 1 atom stereocenters. The summed E-state index contributed by atoms with van der Waals surface area (Å²) in [7, 11) is 2.01. The lowest BCUT2D eigenvalue weighted by Crippen LogP contribution is -2.21. The SMILES string of the molecule is CC(C)n1cnnc1CN(C)c1cc([C@@H]2CCOC2)ncn1. The minimum absolute atomic E-state index is 0.343. The van der Waals surface area contributed by atoms with Crippen molar-refractivity contribution in [1.29, 1.82) is 0 Å². The number of hydrogen-bond donors (Lipinski definition) is 0. The molecule has 2 aromatic heterocycles. The Hall–Kier alpha value is -2.02. The molecule has 1 saturated heterocycles. The van der Waals surface area contributed by atoms with Gasteiger partial charge in [-0.1, -0.05) is 0 Å². The predicted octanol–water partition coefficient (Wildman–Crippen LogP) is 1.79. The van der Waals surface area contributed by atoms with E-state index in [1.54, 1.807) is 12.7 Å². The van der Waals surface area contributed by atoms with E-state index in [1.807, 2.05) is 7.05 Å². The van der Waals surface area contributed by atoms with Crippen molar-refractivity contribution < 1.29 is 4.74 Å². The fourth-order valence-corrected chi connectivity index (χ4v) is 2.67. The number of ether oxygens (including phenoxy) is 1. The van der Waals surface area contributed by atoms with Crippen molar-refractivity contribution in [2.75, 3.05) is 25.2 Å². The van der Waals surface area contributed by atoms with Crippen molar-refractivity contribution >= 4 is 5.82 Å². The molecule has 3 rings (SSSR count). The van der Waals surface area contributed by atoms with Crippen LogP contribution in [0.4, 0.5) is 5.82 Å². The van der Waals surface area contributed by atoms with Crippen molar-refractivity contribution in [1.82, 2.24) is 24.7 Å². The van der Waals surface area contributed by atoms with Crippen LogP contribution in [0.25, 0.3) is 0 Å². The van der Waals surface area contributed by atoms with Crippen LogP contribution in [0, 0.1) is 0 Å². The Bertz CT molecular complexity index is 620. The first-order valence-electron chi connectivity index (χ1n) is 7.64. The molecule has 1 aliphatic rings. The molecule has 3 heterocycles. The third kappa shape index (κ3) is 3.09. The zero-order chi connectivity index (χ0) is 15.5. The Kier molecular flexibility index (Phi) is 4.33. The van der Waals surface area contributed by atoms with Crippen LogP contribution in [0.2, 0.25) is 0 Å². The summed E-state index contributed by atoms with van der Waals surface area (Å²) in [6.07, 6.45) is 4.43. The van der Waals surface area contributed by atoms with Crippen LogP contribution in [0.15, 0.2) is 18.7 Å². The molecule has 1 aliphatic heterocycles. The van der Waals surface area contributed by atoms with Gasteiger partial charge in [0.25, 0.3) is 0 Å². The molecule has 0 N–H and O–H groups in total. The molecule has 7 nitrogen and oxygen atoms in total. The van der Waals surface area contributed by atoms with E-state index in [-0.39, 0.29) is 0 Å². The fourth-order valence-electron chi connectivity index (χ4n) is 2.67. The third-order valence-corrected chi connectivity index (χ3v) is 4.00. The average Bonchev–Trinajstić information content (AvgIpc) is 3.18. The van der Waals surface area contributed by atoms with Crippen molar-refractivity contribution in [3.05, 3.63) is 30.2 Å². The van der Waals surface area contributed by atoms with E-state index in [2.05, 4.69) is 49.5 Å². The summed E-state index contributed by atoms with van der Waals surface area (Å²) in [6.45, 7) is 6.47. The number of aromatic nitrogens is 5. The van der Waals surface area contributed by atoms with E-state index in [9.17, 15) is 0 Å². The van der Waals surface area contributed by atoms with Crippen LogP contribution < -0.4 is 4.90 Å². The molecule has 0 aromatic carbocycles. The lowest BCUT2D eigenvalue weighted by molar-refractivity contribution is 0.193. The van der Waals surface area contributed by atoms with Crippen LogP contribution in [-0.4, -0.2) is 45.0 Å². The summed E-state index contributed by atoms with van der Waals surface area (Å²) in [4.78, 5) is 10.9. The zero-order valence-electron chi connectivity index (χ0n) is 13.3.